The first-order valence-electron chi connectivity index (χ1n) is 8.01. The molecule has 0 bridgehead atoms. The third-order valence-corrected chi connectivity index (χ3v) is 6.45. The number of sulfone groups is 1. The average Bonchev–Trinajstić information content (AvgIpc) is 2.97. The van der Waals surface area contributed by atoms with E-state index in [1.54, 1.807) is 11.0 Å². The van der Waals surface area contributed by atoms with Gasteiger partial charge in [0.1, 0.15) is 5.82 Å². The quantitative estimate of drug-likeness (QED) is 0.774. The molecule has 2 saturated heterocycles. The molecule has 2 aliphatic heterocycles. The van der Waals surface area contributed by atoms with Gasteiger partial charge in [0, 0.05) is 11.4 Å². The standard InChI is InChI=1S/C18H17FN2O3S/c1-12-3-2-4-15(9-12)21-17-11-25(23,24)10-16(17)20(18(21)22)14-7-5-13(19)6-8-14/h2-9,16-17H,10-11H2,1H3. The van der Waals surface area contributed by atoms with Gasteiger partial charge in [0.05, 0.1) is 23.6 Å². The van der Waals surface area contributed by atoms with Crippen LogP contribution in [0.4, 0.5) is 20.6 Å². The summed E-state index contributed by atoms with van der Waals surface area (Å²) in [6, 6.07) is 11.8. The molecule has 2 heterocycles. The fraction of sp³-hybridized carbons (Fsp3) is 0.278. The first kappa shape index (κ1) is 16.1. The second-order valence-electron chi connectivity index (χ2n) is 6.55. The van der Waals surface area contributed by atoms with Crippen molar-refractivity contribution in [1.82, 2.24) is 0 Å². The maximum atomic E-state index is 13.2. The van der Waals surface area contributed by atoms with E-state index in [9.17, 15) is 17.6 Å². The average molecular weight is 360 g/mol. The van der Waals surface area contributed by atoms with E-state index in [4.69, 9.17) is 0 Å². The molecule has 2 amide bonds. The number of halogens is 1. The molecule has 25 heavy (non-hydrogen) atoms. The summed E-state index contributed by atoms with van der Waals surface area (Å²) in [6.45, 7) is 1.92. The van der Waals surface area contributed by atoms with Crippen LogP contribution in [0.5, 0.6) is 0 Å². The first-order chi connectivity index (χ1) is 11.9. The third kappa shape index (κ3) is 2.68. The van der Waals surface area contributed by atoms with Gasteiger partial charge in [-0.15, -0.1) is 0 Å². The number of urea groups is 1. The van der Waals surface area contributed by atoms with Crippen LogP contribution in [-0.4, -0.2) is 38.0 Å². The van der Waals surface area contributed by atoms with Crippen LogP contribution >= 0.6 is 0 Å². The molecule has 2 aromatic carbocycles. The summed E-state index contributed by atoms with van der Waals surface area (Å²) in [7, 11) is -3.24. The lowest BCUT2D eigenvalue weighted by Gasteiger charge is -2.23. The molecule has 5 nitrogen and oxygen atoms in total. The molecule has 0 aromatic heterocycles. The summed E-state index contributed by atoms with van der Waals surface area (Å²) in [4.78, 5) is 16.1. The number of hydrogen-bond donors (Lipinski definition) is 0. The SMILES string of the molecule is Cc1cccc(N2C(=O)N(c3ccc(F)cc3)C3CS(=O)(=O)CC32)c1. The van der Waals surface area contributed by atoms with Crippen molar-refractivity contribution < 1.29 is 17.6 Å². The van der Waals surface area contributed by atoms with Crippen molar-refractivity contribution in [3.8, 4) is 0 Å². The van der Waals surface area contributed by atoms with Crippen LogP contribution in [0, 0.1) is 12.7 Å². The number of aryl methyl sites for hydroxylation is 1. The smallest absolute Gasteiger partial charge is 0.288 e. The summed E-state index contributed by atoms with van der Waals surface area (Å²) in [5, 5.41) is 0. The number of rotatable bonds is 2. The molecule has 0 N–H and O–H groups in total. The van der Waals surface area contributed by atoms with E-state index in [-0.39, 0.29) is 17.5 Å². The predicted molar refractivity (Wildman–Crippen MR) is 94.2 cm³/mol. The summed E-state index contributed by atoms with van der Waals surface area (Å²) >= 11 is 0. The third-order valence-electron chi connectivity index (χ3n) is 4.75. The Bertz CT molecular complexity index is 943. The molecule has 0 radical (unpaired) electrons. The number of carbonyl (C=O) groups is 1. The Morgan fingerprint density at radius 1 is 0.960 bits per heavy atom. The normalized spacial score (nSPS) is 24.6. The van der Waals surface area contributed by atoms with Crippen LogP contribution in [0.3, 0.4) is 0 Å². The van der Waals surface area contributed by atoms with Gasteiger partial charge < -0.3 is 0 Å². The minimum absolute atomic E-state index is 0.0605. The monoisotopic (exact) mass is 360 g/mol. The van der Waals surface area contributed by atoms with Crippen molar-refractivity contribution in [3.05, 3.63) is 59.9 Å². The Morgan fingerprint density at radius 3 is 2.16 bits per heavy atom. The Morgan fingerprint density at radius 2 is 1.56 bits per heavy atom. The van der Waals surface area contributed by atoms with Crippen LogP contribution in [0.15, 0.2) is 48.5 Å². The molecule has 0 saturated carbocycles. The molecule has 2 aliphatic rings. The molecule has 4 rings (SSSR count). The van der Waals surface area contributed by atoms with Gasteiger partial charge in [0.25, 0.3) is 0 Å². The lowest BCUT2D eigenvalue weighted by molar-refractivity contribution is 0.255. The molecule has 2 fully saturated rings. The molecule has 130 valence electrons. The molecular weight excluding hydrogens is 343 g/mol. The number of benzene rings is 2. The van der Waals surface area contributed by atoms with Gasteiger partial charge in [-0.25, -0.2) is 17.6 Å². The Labute approximate surface area is 145 Å². The minimum Gasteiger partial charge on any atom is -0.288 e. The van der Waals surface area contributed by atoms with E-state index >= 15 is 0 Å². The Kier molecular flexibility index (Phi) is 3.57. The van der Waals surface area contributed by atoms with Crippen LogP contribution in [0.2, 0.25) is 0 Å². The maximum Gasteiger partial charge on any atom is 0.329 e. The number of anilines is 2. The fourth-order valence-electron chi connectivity index (χ4n) is 3.69. The molecule has 2 unspecified atom stereocenters. The Hall–Kier alpha value is -2.41. The summed E-state index contributed by atoms with van der Waals surface area (Å²) in [5.74, 6) is -0.542. The van der Waals surface area contributed by atoms with Gasteiger partial charge in [0.15, 0.2) is 9.84 Å². The molecule has 7 heteroatoms. The highest BCUT2D eigenvalue weighted by Crippen LogP contribution is 2.38. The second-order valence-corrected chi connectivity index (χ2v) is 8.70. The van der Waals surface area contributed by atoms with Gasteiger partial charge in [-0.3, -0.25) is 9.80 Å². The van der Waals surface area contributed by atoms with E-state index in [1.165, 1.54) is 29.2 Å². The van der Waals surface area contributed by atoms with Crippen LogP contribution in [-0.2, 0) is 9.84 Å². The van der Waals surface area contributed by atoms with Crippen LogP contribution in [0.25, 0.3) is 0 Å². The highest BCUT2D eigenvalue weighted by Gasteiger charge is 2.54. The number of carbonyl (C=O) groups excluding carboxylic acids is 1. The van der Waals surface area contributed by atoms with Gasteiger partial charge in [-0.05, 0) is 48.9 Å². The number of hydrogen-bond acceptors (Lipinski definition) is 3. The van der Waals surface area contributed by atoms with Crippen molar-refractivity contribution in [3.63, 3.8) is 0 Å². The van der Waals surface area contributed by atoms with Crippen molar-refractivity contribution in [1.29, 1.82) is 0 Å². The van der Waals surface area contributed by atoms with E-state index in [0.29, 0.717) is 11.4 Å². The number of fused-ring (bicyclic) bond motifs is 1. The molecule has 2 aromatic rings. The first-order valence-corrected chi connectivity index (χ1v) is 9.83. The van der Waals surface area contributed by atoms with Crippen molar-refractivity contribution in [2.24, 2.45) is 0 Å². The van der Waals surface area contributed by atoms with E-state index in [0.717, 1.165) is 5.56 Å². The number of nitrogens with zero attached hydrogens (tertiary/aromatic N) is 2. The zero-order chi connectivity index (χ0) is 17.8. The molecule has 2 atom stereocenters. The second kappa shape index (κ2) is 5.56. The van der Waals surface area contributed by atoms with E-state index < -0.39 is 27.7 Å². The van der Waals surface area contributed by atoms with E-state index in [2.05, 4.69) is 0 Å². The highest BCUT2D eigenvalue weighted by atomic mass is 32.2. The zero-order valence-corrected chi connectivity index (χ0v) is 14.4. The highest BCUT2D eigenvalue weighted by molar-refractivity contribution is 7.91. The van der Waals surface area contributed by atoms with Crippen molar-refractivity contribution >= 4 is 27.2 Å². The summed E-state index contributed by atoms with van der Waals surface area (Å²) in [6.07, 6.45) is 0. The summed E-state index contributed by atoms with van der Waals surface area (Å²) < 4.78 is 37.6. The maximum absolute atomic E-state index is 13.2. The lowest BCUT2D eigenvalue weighted by atomic mass is 10.1. The molecule has 0 spiro atoms. The molecular formula is C18H17FN2O3S. The van der Waals surface area contributed by atoms with Gasteiger partial charge in [-0.2, -0.15) is 0 Å². The van der Waals surface area contributed by atoms with Gasteiger partial charge in [-0.1, -0.05) is 12.1 Å². The number of amides is 2. The fourth-order valence-corrected chi connectivity index (χ4v) is 5.61. The van der Waals surface area contributed by atoms with Gasteiger partial charge >= 0.3 is 6.03 Å². The molecule has 0 aliphatic carbocycles. The van der Waals surface area contributed by atoms with Crippen LogP contribution < -0.4 is 9.80 Å². The topological polar surface area (TPSA) is 57.7 Å². The predicted octanol–water partition coefficient (Wildman–Crippen LogP) is 2.75. The van der Waals surface area contributed by atoms with Gasteiger partial charge in [0.2, 0.25) is 0 Å². The van der Waals surface area contributed by atoms with Crippen LogP contribution in [0.1, 0.15) is 5.56 Å². The van der Waals surface area contributed by atoms with Crippen molar-refractivity contribution in [2.75, 3.05) is 21.3 Å². The van der Waals surface area contributed by atoms with E-state index in [1.807, 2.05) is 25.1 Å². The summed E-state index contributed by atoms with van der Waals surface area (Å²) in [5.41, 5.74) is 2.18. The minimum atomic E-state index is -3.24. The zero-order valence-electron chi connectivity index (χ0n) is 13.6. The largest absolute Gasteiger partial charge is 0.329 e. The Balaban J connectivity index is 1.81. The van der Waals surface area contributed by atoms with Crippen molar-refractivity contribution in [2.45, 2.75) is 19.0 Å². The lowest BCUT2D eigenvalue weighted by Crippen LogP contribution is -2.37.